The van der Waals surface area contributed by atoms with Crippen LogP contribution in [0.2, 0.25) is 5.22 Å². The lowest BCUT2D eigenvalue weighted by molar-refractivity contribution is 0.0688. The Morgan fingerprint density at radius 1 is 1.59 bits per heavy atom. The molecule has 0 bridgehead atoms. The Labute approximate surface area is 138 Å². The summed E-state index contributed by atoms with van der Waals surface area (Å²) in [5.41, 5.74) is 2.79. The molecule has 1 N–H and O–H groups in total. The Hall–Kier alpha value is -1.37. The van der Waals surface area contributed by atoms with Gasteiger partial charge >= 0.3 is 0 Å². The Kier molecular flexibility index (Phi) is 4.81. The van der Waals surface area contributed by atoms with E-state index in [0.717, 1.165) is 30.1 Å². The Balaban J connectivity index is 1.78. The highest BCUT2D eigenvalue weighted by atomic mass is 35.5. The molecule has 1 atom stereocenters. The van der Waals surface area contributed by atoms with E-state index in [4.69, 9.17) is 16.0 Å². The summed E-state index contributed by atoms with van der Waals surface area (Å²) in [6.07, 6.45) is 1.09. The number of nitrogens with one attached hydrogen (secondary N) is 1. The summed E-state index contributed by atoms with van der Waals surface area (Å²) in [6, 6.07) is 3.23. The normalized spacial score (nSPS) is 17.8. The molecule has 118 valence electrons. The minimum absolute atomic E-state index is 0.119. The fraction of sp³-hybridized carbons (Fsp3) is 0.467. The molecule has 0 unspecified atom stereocenters. The summed E-state index contributed by atoms with van der Waals surface area (Å²) in [7, 11) is 0. The van der Waals surface area contributed by atoms with Gasteiger partial charge in [0.15, 0.2) is 11.0 Å². The van der Waals surface area contributed by atoms with E-state index in [9.17, 15) is 4.79 Å². The van der Waals surface area contributed by atoms with Crippen LogP contribution in [0, 0.1) is 12.8 Å². The lowest BCUT2D eigenvalue weighted by atomic mass is 10.1. The van der Waals surface area contributed by atoms with Crippen LogP contribution in [-0.4, -0.2) is 35.4 Å². The summed E-state index contributed by atoms with van der Waals surface area (Å²) in [4.78, 5) is 19.9. The summed E-state index contributed by atoms with van der Waals surface area (Å²) >= 11 is 7.37. The zero-order valence-electron chi connectivity index (χ0n) is 12.3. The maximum atomic E-state index is 12.7. The third kappa shape index (κ3) is 3.51. The summed E-state index contributed by atoms with van der Waals surface area (Å²) in [5.74, 6) is 0.646. The average Bonchev–Trinajstić information content (AvgIpc) is 3.22. The number of halogens is 1. The van der Waals surface area contributed by atoms with Gasteiger partial charge in [-0.1, -0.05) is 0 Å². The van der Waals surface area contributed by atoms with Crippen molar-refractivity contribution in [2.24, 2.45) is 5.92 Å². The lowest BCUT2D eigenvalue weighted by Gasteiger charge is -2.24. The number of aryl methyl sites for hydroxylation is 1. The molecule has 0 saturated carbocycles. The number of amides is 1. The van der Waals surface area contributed by atoms with Crippen LogP contribution in [0.1, 0.15) is 27.5 Å². The molecule has 0 spiro atoms. The lowest BCUT2D eigenvalue weighted by Crippen LogP contribution is -2.35. The smallest absolute Gasteiger partial charge is 0.289 e. The first-order valence-corrected chi connectivity index (χ1v) is 8.53. The van der Waals surface area contributed by atoms with Crippen LogP contribution in [0.3, 0.4) is 0 Å². The van der Waals surface area contributed by atoms with Crippen molar-refractivity contribution in [1.29, 1.82) is 0 Å². The molecule has 3 rings (SSSR count). The largest absolute Gasteiger partial charge is 0.440 e. The minimum Gasteiger partial charge on any atom is -0.440 e. The van der Waals surface area contributed by atoms with Gasteiger partial charge in [-0.2, -0.15) is 0 Å². The first-order chi connectivity index (χ1) is 10.6. The van der Waals surface area contributed by atoms with Gasteiger partial charge < -0.3 is 14.6 Å². The number of carbonyl (C=O) groups excluding carboxylic acids is 1. The molecule has 3 heterocycles. The topological polar surface area (TPSA) is 58.4 Å². The number of thiazole rings is 1. The van der Waals surface area contributed by atoms with E-state index in [1.54, 1.807) is 23.5 Å². The van der Waals surface area contributed by atoms with Crippen LogP contribution in [0.5, 0.6) is 0 Å². The zero-order valence-corrected chi connectivity index (χ0v) is 13.9. The number of aromatic nitrogens is 1. The predicted octanol–water partition coefficient (Wildman–Crippen LogP) is 2.95. The number of hydrogen-bond acceptors (Lipinski definition) is 5. The molecule has 22 heavy (non-hydrogen) atoms. The molecular weight excluding hydrogens is 322 g/mol. The van der Waals surface area contributed by atoms with Crippen molar-refractivity contribution in [3.63, 3.8) is 0 Å². The number of hydrogen-bond donors (Lipinski definition) is 1. The second kappa shape index (κ2) is 6.81. The highest BCUT2D eigenvalue weighted by Crippen LogP contribution is 2.21. The number of rotatable bonds is 5. The van der Waals surface area contributed by atoms with Crippen molar-refractivity contribution >= 4 is 28.8 Å². The fourth-order valence-corrected chi connectivity index (χ4v) is 3.58. The summed E-state index contributed by atoms with van der Waals surface area (Å²) in [5, 5.41) is 3.57. The van der Waals surface area contributed by atoms with Crippen molar-refractivity contribution in [3.05, 3.63) is 39.2 Å². The van der Waals surface area contributed by atoms with E-state index in [0.29, 0.717) is 19.0 Å². The average molecular weight is 340 g/mol. The molecule has 1 fully saturated rings. The molecule has 0 aromatic carbocycles. The maximum Gasteiger partial charge on any atom is 0.289 e. The molecule has 1 aliphatic rings. The van der Waals surface area contributed by atoms with E-state index in [1.807, 2.05) is 17.3 Å². The van der Waals surface area contributed by atoms with Gasteiger partial charge in [-0.15, -0.1) is 11.3 Å². The predicted molar refractivity (Wildman–Crippen MR) is 86.3 cm³/mol. The van der Waals surface area contributed by atoms with Crippen molar-refractivity contribution in [1.82, 2.24) is 15.2 Å². The van der Waals surface area contributed by atoms with Crippen LogP contribution >= 0.6 is 22.9 Å². The van der Waals surface area contributed by atoms with Crippen molar-refractivity contribution in [2.45, 2.75) is 19.9 Å². The van der Waals surface area contributed by atoms with Gasteiger partial charge in [-0.3, -0.25) is 4.79 Å². The quantitative estimate of drug-likeness (QED) is 0.910. The molecule has 1 aliphatic heterocycles. The third-order valence-electron chi connectivity index (χ3n) is 3.89. The summed E-state index contributed by atoms with van der Waals surface area (Å²) in [6.45, 7) is 5.20. The molecule has 2 aromatic heterocycles. The first kappa shape index (κ1) is 15.5. The van der Waals surface area contributed by atoms with Crippen LogP contribution in [0.25, 0.3) is 0 Å². The molecule has 1 saturated heterocycles. The molecule has 2 aromatic rings. The van der Waals surface area contributed by atoms with Gasteiger partial charge in [0, 0.05) is 11.4 Å². The van der Waals surface area contributed by atoms with E-state index in [1.165, 1.54) is 0 Å². The van der Waals surface area contributed by atoms with E-state index < -0.39 is 0 Å². The molecule has 5 nitrogen and oxygen atoms in total. The zero-order chi connectivity index (χ0) is 15.5. The highest BCUT2D eigenvalue weighted by molar-refractivity contribution is 7.09. The molecular formula is C15H18ClN3O2S. The van der Waals surface area contributed by atoms with Crippen molar-refractivity contribution < 1.29 is 9.21 Å². The standard InChI is InChI=1S/C15H18ClN3O2S/c1-10-13(22-9-18-10)8-19(7-11-4-5-17-6-11)15(20)12-2-3-14(16)21-12/h2-3,9,11,17H,4-8H2,1H3/t11-/m1/s1. The van der Waals surface area contributed by atoms with Crippen LogP contribution in [-0.2, 0) is 6.54 Å². The highest BCUT2D eigenvalue weighted by Gasteiger charge is 2.25. The van der Waals surface area contributed by atoms with Crippen LogP contribution in [0.15, 0.2) is 22.1 Å². The SMILES string of the molecule is Cc1ncsc1CN(C[C@@H]1CCNC1)C(=O)c1ccc(Cl)o1. The number of carbonyl (C=O) groups is 1. The van der Waals surface area contributed by atoms with Gasteiger partial charge in [0.05, 0.1) is 17.7 Å². The molecule has 0 radical (unpaired) electrons. The Bertz CT molecular complexity index is 649. The minimum atomic E-state index is -0.119. The molecule has 0 aliphatic carbocycles. The van der Waals surface area contributed by atoms with Gasteiger partial charge in [0.2, 0.25) is 0 Å². The number of nitrogens with zero attached hydrogens (tertiary/aromatic N) is 2. The maximum absolute atomic E-state index is 12.7. The van der Waals surface area contributed by atoms with Gasteiger partial charge in [-0.05, 0) is 56.1 Å². The van der Waals surface area contributed by atoms with Gasteiger partial charge in [0.25, 0.3) is 5.91 Å². The molecule has 7 heteroatoms. The second-order valence-corrected chi connectivity index (χ2v) is 6.82. The summed E-state index contributed by atoms with van der Waals surface area (Å²) < 4.78 is 5.29. The van der Waals surface area contributed by atoms with E-state index >= 15 is 0 Å². The third-order valence-corrected chi connectivity index (χ3v) is 5.01. The van der Waals surface area contributed by atoms with Crippen LogP contribution in [0.4, 0.5) is 0 Å². The van der Waals surface area contributed by atoms with Crippen LogP contribution < -0.4 is 5.32 Å². The van der Waals surface area contributed by atoms with E-state index in [-0.39, 0.29) is 16.9 Å². The molecule has 1 amide bonds. The monoisotopic (exact) mass is 339 g/mol. The van der Waals surface area contributed by atoms with Crippen molar-refractivity contribution in [2.75, 3.05) is 19.6 Å². The van der Waals surface area contributed by atoms with Crippen molar-refractivity contribution in [3.8, 4) is 0 Å². The first-order valence-electron chi connectivity index (χ1n) is 7.28. The van der Waals surface area contributed by atoms with Gasteiger partial charge in [0.1, 0.15) is 0 Å². The Morgan fingerprint density at radius 3 is 3.05 bits per heavy atom. The fourth-order valence-electron chi connectivity index (χ4n) is 2.64. The number of furan rings is 1. The second-order valence-electron chi connectivity index (χ2n) is 5.51. The van der Waals surface area contributed by atoms with Gasteiger partial charge in [-0.25, -0.2) is 4.98 Å². The van der Waals surface area contributed by atoms with E-state index in [2.05, 4.69) is 10.3 Å². The Morgan fingerprint density at radius 2 is 2.45 bits per heavy atom.